The van der Waals surface area contributed by atoms with Gasteiger partial charge in [-0.25, -0.2) is 9.97 Å². The maximum absolute atomic E-state index is 11.4. The SMILES string of the molecule is COc1c2c(c(CO)c3c1[Si](C)(C)c1c-3sc3nc(B4OC(C)(C)C(C)(C)O4)sc13)[Si](C)(C)c1c-2sc2nc(B3OC(C)(C)C(C)(C)O3)sc12. The lowest BCUT2D eigenvalue weighted by Crippen LogP contribution is -2.53. The summed E-state index contributed by atoms with van der Waals surface area (Å²) in [6.45, 7) is 26.3. The van der Waals surface area contributed by atoms with E-state index < -0.39 is 52.8 Å². The van der Waals surface area contributed by atoms with Crippen LogP contribution in [0.5, 0.6) is 5.75 Å². The minimum Gasteiger partial charge on any atom is -0.496 e. The van der Waals surface area contributed by atoms with Gasteiger partial charge in [-0.2, -0.15) is 0 Å². The van der Waals surface area contributed by atoms with Gasteiger partial charge in [0.15, 0.2) is 0 Å². The summed E-state index contributed by atoms with van der Waals surface area (Å²) in [5, 5.41) is 16.7. The number of hydrogen-bond donors (Lipinski definition) is 1. The Labute approximate surface area is 311 Å². The van der Waals surface area contributed by atoms with Crippen LogP contribution in [-0.2, 0) is 25.2 Å². The average Bonchev–Trinajstić information content (AvgIpc) is 3.83. The third kappa shape index (κ3) is 4.15. The number of thiophene rings is 2. The van der Waals surface area contributed by atoms with Gasteiger partial charge in [-0.15, -0.1) is 45.3 Å². The molecule has 16 heteroatoms. The zero-order valence-electron chi connectivity index (χ0n) is 30.9. The van der Waals surface area contributed by atoms with E-state index in [0.29, 0.717) is 0 Å². The molecule has 1 aromatic carbocycles. The Balaban J connectivity index is 1.20. The van der Waals surface area contributed by atoms with Crippen LogP contribution in [0.3, 0.4) is 0 Å². The molecule has 1 N–H and O–H groups in total. The number of nitrogens with zero attached hydrogens (tertiary/aromatic N) is 2. The summed E-state index contributed by atoms with van der Waals surface area (Å²) >= 11 is 6.91. The molecule has 0 amide bonds. The zero-order chi connectivity index (χ0) is 35.9. The number of rotatable bonds is 4. The fourth-order valence-corrected chi connectivity index (χ4v) is 23.7. The normalized spacial score (nSPS) is 22.8. The lowest BCUT2D eigenvalue weighted by atomic mass is 9.90. The fourth-order valence-electron chi connectivity index (χ4n) is 8.32. The topological polar surface area (TPSA) is 92.2 Å². The highest BCUT2D eigenvalue weighted by Gasteiger charge is 2.56. The number of aliphatic hydroxyl groups excluding tert-OH is 1. The molecule has 0 aliphatic carbocycles. The first-order valence-electron chi connectivity index (χ1n) is 17.1. The number of benzene rings is 1. The number of fused-ring (bicyclic) bond motifs is 10. The maximum Gasteiger partial charge on any atom is 0.525 e. The highest BCUT2D eigenvalue weighted by Crippen LogP contribution is 2.50. The van der Waals surface area contributed by atoms with Crippen molar-refractivity contribution in [1.29, 1.82) is 0 Å². The van der Waals surface area contributed by atoms with Crippen molar-refractivity contribution in [3.8, 4) is 26.6 Å². The van der Waals surface area contributed by atoms with E-state index in [0.717, 1.165) is 30.8 Å². The van der Waals surface area contributed by atoms with Crippen LogP contribution in [0.2, 0.25) is 26.2 Å². The van der Waals surface area contributed by atoms with Gasteiger partial charge in [0.2, 0.25) is 0 Å². The average molecular weight is 781 g/mol. The third-order valence-electron chi connectivity index (χ3n) is 12.3. The lowest BCUT2D eigenvalue weighted by molar-refractivity contribution is 0.00578. The molecule has 0 saturated carbocycles. The molecule has 2 fully saturated rings. The van der Waals surface area contributed by atoms with Crippen molar-refractivity contribution in [2.75, 3.05) is 7.11 Å². The van der Waals surface area contributed by atoms with E-state index >= 15 is 0 Å². The van der Waals surface area contributed by atoms with Crippen LogP contribution < -0.4 is 35.3 Å². The minimum absolute atomic E-state index is 0.0207. The van der Waals surface area contributed by atoms with E-state index in [1.165, 1.54) is 51.0 Å². The number of ether oxygens (including phenoxy) is 1. The van der Waals surface area contributed by atoms with E-state index in [2.05, 4.69) is 81.6 Å². The van der Waals surface area contributed by atoms with Gasteiger partial charge in [0.25, 0.3) is 0 Å². The Morgan fingerprint density at radius 1 is 0.620 bits per heavy atom. The van der Waals surface area contributed by atoms with Gasteiger partial charge in [-0.3, -0.25) is 0 Å². The van der Waals surface area contributed by atoms with Crippen LogP contribution in [0, 0.1) is 0 Å². The highest BCUT2D eigenvalue weighted by atomic mass is 32.1. The van der Waals surface area contributed by atoms with Crippen LogP contribution >= 0.6 is 45.3 Å². The minimum atomic E-state index is -2.34. The predicted molar refractivity (Wildman–Crippen MR) is 217 cm³/mol. The maximum atomic E-state index is 11.4. The van der Waals surface area contributed by atoms with Crippen molar-refractivity contribution in [1.82, 2.24) is 9.97 Å². The van der Waals surface area contributed by atoms with Crippen LogP contribution in [0.25, 0.3) is 39.9 Å². The molecule has 2 saturated heterocycles. The highest BCUT2D eigenvalue weighted by molar-refractivity contribution is 7.38. The van der Waals surface area contributed by atoms with Gasteiger partial charge in [0, 0.05) is 20.9 Å². The van der Waals surface area contributed by atoms with Crippen molar-refractivity contribution in [2.24, 2.45) is 0 Å². The summed E-state index contributed by atoms with van der Waals surface area (Å²) in [6, 6.07) is 0. The Morgan fingerprint density at radius 3 is 1.42 bits per heavy atom. The predicted octanol–water partition coefficient (Wildman–Crippen LogP) is 4.73. The molecule has 9 rings (SSSR count). The van der Waals surface area contributed by atoms with Crippen LogP contribution in [0.1, 0.15) is 61.0 Å². The molecule has 4 aliphatic rings. The van der Waals surface area contributed by atoms with Crippen molar-refractivity contribution in [2.45, 2.75) is 111 Å². The second-order valence-corrected chi connectivity index (χ2v) is 29.6. The monoisotopic (exact) mass is 780 g/mol. The van der Waals surface area contributed by atoms with Crippen molar-refractivity contribution in [3.05, 3.63) is 5.56 Å². The van der Waals surface area contributed by atoms with Gasteiger partial charge in [-0.05, 0) is 81.7 Å². The first-order valence-corrected chi connectivity index (χ1v) is 26.4. The van der Waals surface area contributed by atoms with Crippen LogP contribution in [0.15, 0.2) is 0 Å². The molecule has 8 heterocycles. The number of aliphatic hydroxyl groups is 1. The summed E-state index contributed by atoms with van der Waals surface area (Å²) < 4.78 is 34.6. The van der Waals surface area contributed by atoms with Crippen molar-refractivity contribution >= 4 is 125 Å². The molecule has 4 aromatic heterocycles. The molecule has 0 spiro atoms. The zero-order valence-corrected chi connectivity index (χ0v) is 36.1. The Hall–Kier alpha value is -1.44. The third-order valence-corrected chi connectivity index (χ3v) is 24.7. The molecule has 262 valence electrons. The van der Waals surface area contributed by atoms with E-state index in [-0.39, 0.29) is 6.61 Å². The molecular formula is C34H42B2N2O6S4Si2. The summed E-state index contributed by atoms with van der Waals surface area (Å²) in [5.41, 5.74) is 1.73. The Bertz CT molecular complexity index is 2130. The molecule has 50 heavy (non-hydrogen) atoms. The van der Waals surface area contributed by atoms with E-state index in [9.17, 15) is 5.11 Å². The smallest absolute Gasteiger partial charge is 0.496 e. The fraction of sp³-hybridized carbons (Fsp3) is 0.529. The summed E-state index contributed by atoms with van der Waals surface area (Å²) in [7, 11) is -3.84. The largest absolute Gasteiger partial charge is 0.525 e. The molecule has 5 aromatic rings. The van der Waals surface area contributed by atoms with Crippen LogP contribution in [-0.4, -0.2) is 75.0 Å². The number of methoxy groups -OCH3 is 1. The Morgan fingerprint density at radius 2 is 1.02 bits per heavy atom. The number of aromatic nitrogens is 2. The second-order valence-electron chi connectivity index (χ2n) is 17.1. The summed E-state index contributed by atoms with van der Waals surface area (Å²) in [4.78, 5) is 16.6. The number of thiazole rings is 2. The van der Waals surface area contributed by atoms with Gasteiger partial charge in [0.05, 0.1) is 45.5 Å². The molecule has 0 unspecified atom stereocenters. The molecular weight excluding hydrogens is 738 g/mol. The quantitative estimate of drug-likeness (QED) is 0.262. The van der Waals surface area contributed by atoms with E-state index in [4.69, 9.17) is 33.3 Å². The van der Waals surface area contributed by atoms with Gasteiger partial charge in [0.1, 0.15) is 41.4 Å². The number of hydrogen-bond acceptors (Lipinski definition) is 12. The first-order chi connectivity index (χ1) is 23.2. The summed E-state index contributed by atoms with van der Waals surface area (Å²) in [5.74, 6) is 0.982. The van der Waals surface area contributed by atoms with Crippen molar-refractivity contribution in [3.63, 3.8) is 0 Å². The molecule has 8 nitrogen and oxygen atoms in total. The standard InChI is InChI=1S/C34H42B2N2O6S4Si2/c1-31(2)32(3,4)42-35(41-31)29-37-27-21(47-29)25-19(45-27)16-15(14-39)23-17(18(40-9)24(16)50(25,12)13)20-26(49(23,10)11)22-28(46-20)38-30(48-22)36-43-33(5,6)34(7,8)44-36/h39H,14H2,1-13H3. The van der Waals surface area contributed by atoms with Gasteiger partial charge in [-0.1, -0.05) is 26.2 Å². The molecule has 4 aliphatic heterocycles. The van der Waals surface area contributed by atoms with Gasteiger partial charge < -0.3 is 28.5 Å². The molecule has 0 bridgehead atoms. The van der Waals surface area contributed by atoms with Gasteiger partial charge >= 0.3 is 14.2 Å². The molecule has 0 atom stereocenters. The summed E-state index contributed by atoms with van der Waals surface area (Å²) in [6.07, 6.45) is 0. The Kier molecular flexibility index (Phi) is 7.00. The first kappa shape index (κ1) is 34.3. The van der Waals surface area contributed by atoms with E-state index in [1.807, 2.05) is 7.11 Å². The molecule has 0 radical (unpaired) electrons. The lowest BCUT2D eigenvalue weighted by Gasteiger charge is -2.32. The van der Waals surface area contributed by atoms with Crippen LogP contribution in [0.4, 0.5) is 0 Å². The second kappa shape index (κ2) is 10.2. The van der Waals surface area contributed by atoms with E-state index in [1.54, 1.807) is 45.3 Å². The van der Waals surface area contributed by atoms with Crippen molar-refractivity contribution < 1.29 is 28.5 Å².